The zero-order valence-corrected chi connectivity index (χ0v) is 11.0. The molecule has 0 unspecified atom stereocenters. The molecule has 2 heterocycles. The van der Waals surface area contributed by atoms with Gasteiger partial charge in [0.2, 0.25) is 0 Å². The van der Waals surface area contributed by atoms with Crippen molar-refractivity contribution < 1.29 is 29.6 Å². The Morgan fingerprint density at radius 3 is 2.76 bits per heavy atom. The highest BCUT2D eigenvalue weighted by Gasteiger charge is 2.43. The quantitative estimate of drug-likeness (QED) is 0.503. The number of aliphatic hydroxyl groups is 3. The molecular formula is C11H15N3O7. The second-order valence-electron chi connectivity index (χ2n) is 4.35. The van der Waals surface area contributed by atoms with E-state index in [4.69, 9.17) is 9.84 Å². The summed E-state index contributed by atoms with van der Waals surface area (Å²) >= 11 is 0. The van der Waals surface area contributed by atoms with Crippen LogP contribution in [0.1, 0.15) is 6.23 Å². The third-order valence-electron chi connectivity index (χ3n) is 3.04. The topological polar surface area (TPSA) is 143 Å². The Kier molecular flexibility index (Phi) is 4.53. The largest absolute Gasteiger partial charge is 0.453 e. The molecule has 1 aliphatic rings. The number of methoxy groups -OCH3 is 1. The predicted molar refractivity (Wildman–Crippen MR) is 67.5 cm³/mol. The van der Waals surface area contributed by atoms with Crippen LogP contribution in [0.15, 0.2) is 17.1 Å². The van der Waals surface area contributed by atoms with Crippen molar-refractivity contribution in [1.29, 1.82) is 0 Å². The van der Waals surface area contributed by atoms with Crippen molar-refractivity contribution in [3.8, 4) is 0 Å². The van der Waals surface area contributed by atoms with Gasteiger partial charge in [-0.2, -0.15) is 4.98 Å². The van der Waals surface area contributed by atoms with Crippen LogP contribution in [0.4, 0.5) is 10.6 Å². The smallest absolute Gasteiger partial charge is 0.412 e. The molecule has 116 valence electrons. The van der Waals surface area contributed by atoms with Crippen LogP contribution in [0.2, 0.25) is 0 Å². The van der Waals surface area contributed by atoms with E-state index in [2.05, 4.69) is 15.0 Å². The Balaban J connectivity index is 2.22. The molecule has 0 aliphatic carbocycles. The van der Waals surface area contributed by atoms with Crippen LogP contribution < -0.4 is 11.0 Å². The van der Waals surface area contributed by atoms with Gasteiger partial charge in [-0.05, 0) is 6.07 Å². The molecular weight excluding hydrogens is 286 g/mol. The number of rotatable bonds is 3. The van der Waals surface area contributed by atoms with Crippen molar-refractivity contribution in [2.75, 3.05) is 19.0 Å². The van der Waals surface area contributed by atoms with E-state index < -0.39 is 42.9 Å². The zero-order valence-electron chi connectivity index (χ0n) is 11.0. The lowest BCUT2D eigenvalue weighted by Gasteiger charge is -2.17. The van der Waals surface area contributed by atoms with Gasteiger partial charge in [0.25, 0.3) is 0 Å². The van der Waals surface area contributed by atoms with Crippen LogP contribution in [0, 0.1) is 0 Å². The maximum absolute atomic E-state index is 11.9. The molecule has 0 aromatic carbocycles. The fraction of sp³-hybridized carbons (Fsp3) is 0.545. The van der Waals surface area contributed by atoms with Gasteiger partial charge in [0, 0.05) is 6.20 Å². The molecule has 2 rings (SSSR count). The summed E-state index contributed by atoms with van der Waals surface area (Å²) in [5.41, 5.74) is -0.807. The van der Waals surface area contributed by atoms with Crippen molar-refractivity contribution in [2.24, 2.45) is 0 Å². The minimum absolute atomic E-state index is 0.0326. The number of anilines is 1. The first-order valence-corrected chi connectivity index (χ1v) is 6.04. The van der Waals surface area contributed by atoms with Gasteiger partial charge in [0.1, 0.15) is 24.1 Å². The number of ether oxygens (including phenoxy) is 2. The van der Waals surface area contributed by atoms with Gasteiger partial charge in [0.15, 0.2) is 6.23 Å². The first kappa shape index (κ1) is 15.4. The third kappa shape index (κ3) is 3.03. The summed E-state index contributed by atoms with van der Waals surface area (Å²) in [6.07, 6.45) is -4.43. The van der Waals surface area contributed by atoms with E-state index >= 15 is 0 Å². The van der Waals surface area contributed by atoms with Crippen molar-refractivity contribution in [3.63, 3.8) is 0 Å². The molecule has 1 fully saturated rings. The standard InChI is InChI=1S/C11H15N3O7/c1-20-11(19)13-6-2-3-14(10(18)12-6)9-8(17)7(16)5(4-15)21-9/h2-3,5,7-9,15-17H,4H2,1H3,(H,12,13,18,19)/t5-,7-,8-,9-/m1/s1. The summed E-state index contributed by atoms with van der Waals surface area (Å²) in [5, 5.41) is 30.7. The lowest BCUT2D eigenvalue weighted by atomic mass is 10.1. The SMILES string of the molecule is COC(=O)Nc1ccn([C@@H]2O[C@H](CO)[C@@H](O)[C@H]2O)c(=O)n1. The maximum atomic E-state index is 11.9. The van der Waals surface area contributed by atoms with Gasteiger partial charge in [-0.25, -0.2) is 9.59 Å². The molecule has 1 saturated heterocycles. The van der Waals surface area contributed by atoms with Crippen LogP contribution in [-0.4, -0.2) is 63.0 Å². The summed E-state index contributed by atoms with van der Waals surface area (Å²) in [6.45, 7) is -0.501. The molecule has 1 amide bonds. The second-order valence-corrected chi connectivity index (χ2v) is 4.35. The van der Waals surface area contributed by atoms with Crippen molar-refractivity contribution in [3.05, 3.63) is 22.7 Å². The number of aliphatic hydroxyl groups excluding tert-OH is 3. The molecule has 0 bridgehead atoms. The van der Waals surface area contributed by atoms with Gasteiger partial charge >= 0.3 is 11.8 Å². The Morgan fingerprint density at radius 2 is 2.24 bits per heavy atom. The van der Waals surface area contributed by atoms with Crippen LogP contribution >= 0.6 is 0 Å². The number of nitrogens with one attached hydrogen (secondary N) is 1. The monoisotopic (exact) mass is 301 g/mol. The first-order chi connectivity index (χ1) is 9.97. The van der Waals surface area contributed by atoms with E-state index in [1.807, 2.05) is 0 Å². The maximum Gasteiger partial charge on any atom is 0.412 e. The van der Waals surface area contributed by atoms with E-state index in [1.165, 1.54) is 12.3 Å². The molecule has 0 spiro atoms. The van der Waals surface area contributed by atoms with E-state index in [1.54, 1.807) is 0 Å². The van der Waals surface area contributed by atoms with Crippen molar-refractivity contribution in [1.82, 2.24) is 9.55 Å². The molecule has 0 radical (unpaired) electrons. The minimum atomic E-state index is -1.39. The van der Waals surface area contributed by atoms with Crippen molar-refractivity contribution >= 4 is 11.9 Å². The van der Waals surface area contributed by atoms with Crippen molar-refractivity contribution in [2.45, 2.75) is 24.5 Å². The Labute approximate surface area is 118 Å². The van der Waals surface area contributed by atoms with E-state index in [9.17, 15) is 19.8 Å². The average Bonchev–Trinajstić information content (AvgIpc) is 2.75. The fourth-order valence-corrected chi connectivity index (χ4v) is 1.94. The number of nitrogens with zero attached hydrogens (tertiary/aromatic N) is 2. The molecule has 4 N–H and O–H groups in total. The van der Waals surface area contributed by atoms with E-state index in [-0.39, 0.29) is 5.82 Å². The third-order valence-corrected chi connectivity index (χ3v) is 3.04. The highest BCUT2D eigenvalue weighted by atomic mass is 16.6. The van der Waals surface area contributed by atoms with Crippen LogP contribution in [0.25, 0.3) is 0 Å². The lowest BCUT2D eigenvalue weighted by molar-refractivity contribution is -0.0549. The number of hydrogen-bond acceptors (Lipinski definition) is 8. The van der Waals surface area contributed by atoms with Gasteiger partial charge in [-0.3, -0.25) is 9.88 Å². The zero-order chi connectivity index (χ0) is 15.6. The number of carbonyl (C=O) groups is 1. The first-order valence-electron chi connectivity index (χ1n) is 6.04. The average molecular weight is 301 g/mol. The number of aromatic nitrogens is 2. The summed E-state index contributed by atoms with van der Waals surface area (Å²) in [6, 6.07) is 1.30. The normalized spacial score (nSPS) is 28.4. The van der Waals surface area contributed by atoms with Gasteiger partial charge in [-0.15, -0.1) is 0 Å². The Hall–Kier alpha value is -2.01. The second kappa shape index (κ2) is 6.18. The summed E-state index contributed by atoms with van der Waals surface area (Å²) in [7, 11) is 1.16. The van der Waals surface area contributed by atoms with E-state index in [0.29, 0.717) is 0 Å². The van der Waals surface area contributed by atoms with Crippen LogP contribution in [0.3, 0.4) is 0 Å². The van der Waals surface area contributed by atoms with Crippen LogP contribution in [0.5, 0.6) is 0 Å². The summed E-state index contributed by atoms with van der Waals surface area (Å²) in [5.74, 6) is -0.0326. The molecule has 10 heteroatoms. The van der Waals surface area contributed by atoms with Gasteiger partial charge in [-0.1, -0.05) is 0 Å². The lowest BCUT2D eigenvalue weighted by Crippen LogP contribution is -2.36. The highest BCUT2D eigenvalue weighted by molar-refractivity contribution is 5.82. The molecule has 10 nitrogen and oxygen atoms in total. The van der Waals surface area contributed by atoms with Crippen LogP contribution in [-0.2, 0) is 9.47 Å². The molecule has 4 atom stereocenters. The van der Waals surface area contributed by atoms with Gasteiger partial charge < -0.3 is 24.8 Å². The molecule has 1 aromatic rings. The fourth-order valence-electron chi connectivity index (χ4n) is 1.94. The number of hydrogen-bond donors (Lipinski definition) is 4. The molecule has 21 heavy (non-hydrogen) atoms. The molecule has 0 saturated carbocycles. The Bertz CT molecular complexity index is 575. The Morgan fingerprint density at radius 1 is 1.52 bits per heavy atom. The molecule has 1 aromatic heterocycles. The number of carbonyl (C=O) groups excluding carboxylic acids is 1. The number of amides is 1. The summed E-state index contributed by atoms with van der Waals surface area (Å²) in [4.78, 5) is 26.4. The minimum Gasteiger partial charge on any atom is -0.453 e. The predicted octanol–water partition coefficient (Wildman–Crippen LogP) is -1.97. The van der Waals surface area contributed by atoms with Gasteiger partial charge in [0.05, 0.1) is 13.7 Å². The summed E-state index contributed by atoms with van der Waals surface area (Å²) < 4.78 is 10.5. The highest BCUT2D eigenvalue weighted by Crippen LogP contribution is 2.28. The molecule has 1 aliphatic heterocycles. The van der Waals surface area contributed by atoms with E-state index in [0.717, 1.165) is 11.7 Å².